The molecule has 0 bridgehead atoms. The van der Waals surface area contributed by atoms with Crippen molar-refractivity contribution in [1.29, 1.82) is 0 Å². The lowest BCUT2D eigenvalue weighted by atomic mass is 10.2. The van der Waals surface area contributed by atoms with E-state index in [0.717, 1.165) is 0 Å². The normalized spacial score (nSPS) is 10.1. The predicted octanol–water partition coefficient (Wildman–Crippen LogP) is 3.83. The van der Waals surface area contributed by atoms with Crippen molar-refractivity contribution in [3.05, 3.63) is 58.1 Å². The molecular formula is C13H10Cl2N2O. The van der Waals surface area contributed by atoms with Crippen molar-refractivity contribution in [2.75, 3.05) is 11.1 Å². The van der Waals surface area contributed by atoms with Gasteiger partial charge in [0.1, 0.15) is 0 Å². The number of nitrogen functional groups attached to an aromatic ring is 1. The van der Waals surface area contributed by atoms with E-state index >= 15 is 0 Å². The van der Waals surface area contributed by atoms with Crippen LogP contribution in [0.4, 0.5) is 11.4 Å². The molecule has 18 heavy (non-hydrogen) atoms. The van der Waals surface area contributed by atoms with Crippen LogP contribution in [0.3, 0.4) is 0 Å². The fourth-order valence-electron chi connectivity index (χ4n) is 1.50. The summed E-state index contributed by atoms with van der Waals surface area (Å²) in [6.07, 6.45) is 0. The molecule has 2 aromatic rings. The minimum atomic E-state index is -0.287. The maximum absolute atomic E-state index is 12.0. The number of amides is 1. The number of benzene rings is 2. The van der Waals surface area contributed by atoms with Gasteiger partial charge in [-0.2, -0.15) is 0 Å². The van der Waals surface area contributed by atoms with Crippen LogP contribution in [-0.4, -0.2) is 5.91 Å². The summed E-state index contributed by atoms with van der Waals surface area (Å²) in [7, 11) is 0. The molecule has 2 aromatic carbocycles. The van der Waals surface area contributed by atoms with Crippen LogP contribution in [0.25, 0.3) is 0 Å². The van der Waals surface area contributed by atoms with Crippen molar-refractivity contribution in [1.82, 2.24) is 0 Å². The van der Waals surface area contributed by atoms with Crippen LogP contribution in [0.15, 0.2) is 42.5 Å². The number of nitrogens with two attached hydrogens (primary N) is 1. The summed E-state index contributed by atoms with van der Waals surface area (Å²) >= 11 is 11.7. The van der Waals surface area contributed by atoms with Crippen LogP contribution in [0.1, 0.15) is 10.4 Å². The molecule has 1 amide bonds. The monoisotopic (exact) mass is 280 g/mol. The zero-order chi connectivity index (χ0) is 13.1. The van der Waals surface area contributed by atoms with Crippen molar-refractivity contribution in [3.8, 4) is 0 Å². The van der Waals surface area contributed by atoms with Gasteiger partial charge in [0.2, 0.25) is 0 Å². The Bertz CT molecular complexity index is 579. The van der Waals surface area contributed by atoms with E-state index in [1.54, 1.807) is 42.5 Å². The minimum Gasteiger partial charge on any atom is -0.399 e. The SMILES string of the molecule is Nc1cccc(NC(=O)c2cc(Cl)cc(Cl)c2)c1. The molecule has 0 saturated carbocycles. The molecule has 0 fully saturated rings. The smallest absolute Gasteiger partial charge is 0.255 e. The molecule has 0 atom stereocenters. The van der Waals surface area contributed by atoms with Gasteiger partial charge in [-0.05, 0) is 36.4 Å². The maximum atomic E-state index is 12.0. The number of nitrogens with one attached hydrogen (secondary N) is 1. The zero-order valence-corrected chi connectivity index (χ0v) is 10.8. The van der Waals surface area contributed by atoms with E-state index in [1.165, 1.54) is 0 Å². The molecule has 3 N–H and O–H groups in total. The van der Waals surface area contributed by atoms with E-state index in [9.17, 15) is 4.79 Å². The first-order valence-corrected chi connectivity index (χ1v) is 5.93. The standard InChI is InChI=1S/C13H10Cl2N2O/c14-9-4-8(5-10(15)6-9)13(18)17-12-3-1-2-11(16)7-12/h1-7H,16H2,(H,17,18). The second-order valence-corrected chi connectivity index (χ2v) is 4.61. The van der Waals surface area contributed by atoms with Crippen LogP contribution < -0.4 is 11.1 Å². The first-order valence-electron chi connectivity index (χ1n) is 5.17. The summed E-state index contributed by atoms with van der Waals surface area (Å²) in [6.45, 7) is 0. The highest BCUT2D eigenvalue weighted by molar-refractivity contribution is 6.35. The molecule has 92 valence electrons. The number of carbonyl (C=O) groups excluding carboxylic acids is 1. The Kier molecular flexibility index (Phi) is 3.75. The maximum Gasteiger partial charge on any atom is 0.255 e. The number of rotatable bonds is 2. The first-order chi connectivity index (χ1) is 8.54. The summed E-state index contributed by atoms with van der Waals surface area (Å²) in [5.74, 6) is -0.287. The average Bonchev–Trinajstić information content (AvgIpc) is 2.27. The second kappa shape index (κ2) is 5.29. The van der Waals surface area contributed by atoms with Gasteiger partial charge in [-0.15, -0.1) is 0 Å². The van der Waals surface area contributed by atoms with E-state index in [2.05, 4.69) is 5.32 Å². The topological polar surface area (TPSA) is 55.1 Å². The Morgan fingerprint density at radius 2 is 1.72 bits per heavy atom. The van der Waals surface area contributed by atoms with Gasteiger partial charge in [0.15, 0.2) is 0 Å². The molecule has 0 spiro atoms. The molecule has 0 aliphatic heterocycles. The summed E-state index contributed by atoms with van der Waals surface area (Å²) in [5, 5.41) is 3.55. The van der Waals surface area contributed by atoms with Gasteiger partial charge in [0.05, 0.1) is 0 Å². The van der Waals surface area contributed by atoms with Gasteiger partial charge < -0.3 is 11.1 Å². The van der Waals surface area contributed by atoms with Crippen molar-refractivity contribution < 1.29 is 4.79 Å². The van der Waals surface area contributed by atoms with E-state index in [4.69, 9.17) is 28.9 Å². The molecule has 0 aliphatic rings. The van der Waals surface area contributed by atoms with E-state index in [1.807, 2.05) is 0 Å². The predicted molar refractivity (Wildman–Crippen MR) is 75.3 cm³/mol. The van der Waals surface area contributed by atoms with Gasteiger partial charge in [-0.3, -0.25) is 4.79 Å². The molecule has 0 radical (unpaired) electrons. The van der Waals surface area contributed by atoms with Gasteiger partial charge in [0, 0.05) is 27.0 Å². The molecule has 2 rings (SSSR count). The fourth-order valence-corrected chi connectivity index (χ4v) is 2.03. The van der Waals surface area contributed by atoms with Crippen LogP contribution in [0, 0.1) is 0 Å². The highest BCUT2D eigenvalue weighted by Gasteiger charge is 2.08. The number of carbonyl (C=O) groups is 1. The first kappa shape index (κ1) is 12.7. The largest absolute Gasteiger partial charge is 0.399 e. The number of hydrogen-bond donors (Lipinski definition) is 2. The molecule has 0 unspecified atom stereocenters. The number of halogens is 2. The van der Waals surface area contributed by atoms with E-state index < -0.39 is 0 Å². The highest BCUT2D eigenvalue weighted by Crippen LogP contribution is 2.20. The molecule has 0 aromatic heterocycles. The van der Waals surface area contributed by atoms with Gasteiger partial charge in [-0.1, -0.05) is 29.3 Å². The molecule has 5 heteroatoms. The van der Waals surface area contributed by atoms with Crippen LogP contribution in [0.5, 0.6) is 0 Å². The van der Waals surface area contributed by atoms with Gasteiger partial charge in [-0.25, -0.2) is 0 Å². The molecule has 3 nitrogen and oxygen atoms in total. The van der Waals surface area contributed by atoms with Crippen molar-refractivity contribution in [2.24, 2.45) is 0 Å². The van der Waals surface area contributed by atoms with Gasteiger partial charge >= 0.3 is 0 Å². The summed E-state index contributed by atoms with van der Waals surface area (Å²) in [5.41, 5.74) is 7.23. The van der Waals surface area contributed by atoms with Crippen molar-refractivity contribution >= 4 is 40.5 Å². The lowest BCUT2D eigenvalue weighted by Gasteiger charge is -2.06. The molecular weight excluding hydrogens is 271 g/mol. The summed E-state index contributed by atoms with van der Waals surface area (Å²) < 4.78 is 0. The van der Waals surface area contributed by atoms with Crippen molar-refractivity contribution in [3.63, 3.8) is 0 Å². The molecule has 0 saturated heterocycles. The van der Waals surface area contributed by atoms with Crippen molar-refractivity contribution in [2.45, 2.75) is 0 Å². The Morgan fingerprint density at radius 3 is 2.33 bits per heavy atom. The summed E-state index contributed by atoms with van der Waals surface area (Å²) in [6, 6.07) is 11.6. The minimum absolute atomic E-state index is 0.287. The number of hydrogen-bond acceptors (Lipinski definition) is 2. The third-order valence-electron chi connectivity index (χ3n) is 2.27. The number of anilines is 2. The third-order valence-corrected chi connectivity index (χ3v) is 2.71. The average molecular weight is 281 g/mol. The van der Waals surface area contributed by atoms with Crippen LogP contribution in [-0.2, 0) is 0 Å². The van der Waals surface area contributed by atoms with E-state index in [0.29, 0.717) is 27.0 Å². The third kappa shape index (κ3) is 3.15. The Labute approximate surface area is 115 Å². The quantitative estimate of drug-likeness (QED) is 0.822. The van der Waals surface area contributed by atoms with Gasteiger partial charge in [0.25, 0.3) is 5.91 Å². The highest BCUT2D eigenvalue weighted by atomic mass is 35.5. The Hall–Kier alpha value is -1.71. The second-order valence-electron chi connectivity index (χ2n) is 3.74. The zero-order valence-electron chi connectivity index (χ0n) is 9.28. The lowest BCUT2D eigenvalue weighted by molar-refractivity contribution is 0.102. The molecule has 0 heterocycles. The fraction of sp³-hybridized carbons (Fsp3) is 0. The molecule has 0 aliphatic carbocycles. The van der Waals surface area contributed by atoms with E-state index in [-0.39, 0.29) is 5.91 Å². The Balaban J connectivity index is 2.22. The Morgan fingerprint density at radius 1 is 1.06 bits per heavy atom. The van der Waals surface area contributed by atoms with Crippen LogP contribution in [0.2, 0.25) is 10.0 Å². The summed E-state index contributed by atoms with van der Waals surface area (Å²) in [4.78, 5) is 12.0. The lowest BCUT2D eigenvalue weighted by Crippen LogP contribution is -2.12. The van der Waals surface area contributed by atoms with Crippen LogP contribution >= 0.6 is 23.2 Å².